The van der Waals surface area contributed by atoms with Crippen molar-refractivity contribution in [3.63, 3.8) is 0 Å². The smallest absolute Gasteiger partial charge is 0.324 e. The Morgan fingerprint density at radius 3 is 2.50 bits per heavy atom. The maximum absolute atomic E-state index is 13.5. The van der Waals surface area contributed by atoms with Crippen LogP contribution < -0.4 is 4.90 Å². The van der Waals surface area contributed by atoms with Gasteiger partial charge in [0.2, 0.25) is 0 Å². The Labute approximate surface area is 214 Å². The number of carbonyl (C=O) groups excluding carboxylic acids is 2. The van der Waals surface area contributed by atoms with Gasteiger partial charge in [-0.05, 0) is 57.2 Å². The van der Waals surface area contributed by atoms with E-state index in [2.05, 4.69) is 9.97 Å². The van der Waals surface area contributed by atoms with Crippen LogP contribution in [0.4, 0.5) is 10.5 Å². The highest BCUT2D eigenvalue weighted by Crippen LogP contribution is 2.38. The summed E-state index contributed by atoms with van der Waals surface area (Å²) in [5.41, 5.74) is 3.42. The van der Waals surface area contributed by atoms with Gasteiger partial charge in [-0.15, -0.1) is 11.8 Å². The molecule has 1 N–H and O–H groups in total. The number of pyridine rings is 3. The van der Waals surface area contributed by atoms with E-state index in [-0.39, 0.29) is 18.0 Å². The Kier molecular flexibility index (Phi) is 6.34. The number of urea groups is 1. The summed E-state index contributed by atoms with van der Waals surface area (Å²) >= 11 is 1.58. The number of amides is 3. The Hall–Kier alpha value is -3.24. The number of anilines is 1. The summed E-state index contributed by atoms with van der Waals surface area (Å²) in [7, 11) is 1.79. The number of rotatable bonds is 4. The summed E-state index contributed by atoms with van der Waals surface area (Å²) in [6.07, 6.45) is 6.86. The molecule has 3 amide bonds. The first-order chi connectivity index (χ1) is 17.2. The number of likely N-dealkylation sites (tertiary alicyclic amines) is 1. The van der Waals surface area contributed by atoms with Crippen LogP contribution in [0.5, 0.6) is 0 Å². The number of piperidine rings is 1. The zero-order chi connectivity index (χ0) is 25.6. The van der Waals surface area contributed by atoms with E-state index in [0.717, 1.165) is 33.1 Å². The van der Waals surface area contributed by atoms with Crippen LogP contribution in [0, 0.1) is 0 Å². The molecule has 5 heterocycles. The van der Waals surface area contributed by atoms with Crippen molar-refractivity contribution in [1.82, 2.24) is 24.8 Å². The van der Waals surface area contributed by atoms with E-state index in [1.165, 1.54) is 13.8 Å². The fourth-order valence-corrected chi connectivity index (χ4v) is 5.31. The van der Waals surface area contributed by atoms with E-state index in [4.69, 9.17) is 4.98 Å². The molecule has 0 saturated carbocycles. The average Bonchev–Trinajstić information content (AvgIpc) is 2.88. The monoisotopic (exact) mass is 506 g/mol. The van der Waals surface area contributed by atoms with Crippen molar-refractivity contribution in [3.8, 4) is 11.3 Å². The molecule has 0 unspecified atom stereocenters. The van der Waals surface area contributed by atoms with Gasteiger partial charge in [-0.3, -0.25) is 14.7 Å². The van der Waals surface area contributed by atoms with Gasteiger partial charge in [-0.2, -0.15) is 0 Å². The molecule has 188 valence electrons. The number of fused-ring (bicyclic) bond motifs is 3. The van der Waals surface area contributed by atoms with E-state index in [1.54, 1.807) is 28.6 Å². The van der Waals surface area contributed by atoms with Crippen LogP contribution in [0.2, 0.25) is 0 Å². The molecule has 5 rings (SSSR count). The fourth-order valence-electron chi connectivity index (χ4n) is 4.94. The summed E-state index contributed by atoms with van der Waals surface area (Å²) in [6.45, 7) is 4.43. The summed E-state index contributed by atoms with van der Waals surface area (Å²) in [5, 5.41) is 11.1. The third-order valence-electron chi connectivity index (χ3n) is 6.82. The minimum atomic E-state index is -1.41. The second-order valence-corrected chi connectivity index (χ2v) is 10.7. The molecule has 1 fully saturated rings. The molecule has 0 bridgehead atoms. The third-order valence-corrected chi connectivity index (χ3v) is 7.48. The summed E-state index contributed by atoms with van der Waals surface area (Å²) < 4.78 is 0. The molecule has 36 heavy (non-hydrogen) atoms. The van der Waals surface area contributed by atoms with Gasteiger partial charge in [-0.1, -0.05) is 0 Å². The van der Waals surface area contributed by atoms with Gasteiger partial charge in [0.1, 0.15) is 11.1 Å². The summed E-state index contributed by atoms with van der Waals surface area (Å²) in [6, 6.07) is 7.66. The predicted molar refractivity (Wildman–Crippen MR) is 140 cm³/mol. The molecular weight excluding hydrogens is 476 g/mol. The fraction of sp³-hybridized carbons (Fsp3) is 0.423. The van der Waals surface area contributed by atoms with Crippen molar-refractivity contribution >= 4 is 40.4 Å². The number of hydrogen-bond donors (Lipinski definition) is 1. The molecule has 0 atom stereocenters. The van der Waals surface area contributed by atoms with Gasteiger partial charge in [0.25, 0.3) is 5.91 Å². The van der Waals surface area contributed by atoms with E-state index in [9.17, 15) is 14.7 Å². The second-order valence-electron chi connectivity index (χ2n) is 9.88. The highest BCUT2D eigenvalue weighted by Gasteiger charge is 2.39. The SMILES string of the molecule is CSc1ccc(-c2ccc3ncc4c(c3n2)N(C2CCN(C(=O)C(C)(C)O)CC2)C(=O)N(C)C4)cn1. The van der Waals surface area contributed by atoms with Crippen LogP contribution in [0.1, 0.15) is 32.3 Å². The zero-order valence-corrected chi connectivity index (χ0v) is 21.7. The number of carbonyl (C=O) groups is 2. The lowest BCUT2D eigenvalue weighted by Gasteiger charge is -2.43. The standard InChI is InChI=1S/C26H30N6O3S/c1-26(2,35)24(33)31-11-9-18(10-12-31)32-23-17(15-30(3)25(32)34)14-27-20-7-6-19(29-22(20)23)16-5-8-21(36-4)28-13-16/h5-8,13-14,18,35H,9-12,15H2,1-4H3. The van der Waals surface area contributed by atoms with Crippen LogP contribution in [-0.2, 0) is 11.3 Å². The van der Waals surface area contributed by atoms with Crippen LogP contribution >= 0.6 is 11.8 Å². The predicted octanol–water partition coefficient (Wildman–Crippen LogP) is 3.55. The maximum atomic E-state index is 13.5. The van der Waals surface area contributed by atoms with Gasteiger partial charge in [-0.25, -0.2) is 14.8 Å². The normalized spacial score (nSPS) is 17.0. The first kappa shape index (κ1) is 24.5. The van der Waals surface area contributed by atoms with Crippen LogP contribution in [0.3, 0.4) is 0 Å². The van der Waals surface area contributed by atoms with Crippen molar-refractivity contribution in [2.45, 2.75) is 49.9 Å². The summed E-state index contributed by atoms with van der Waals surface area (Å²) in [5.74, 6) is -0.287. The number of hydrogen-bond acceptors (Lipinski definition) is 7. The van der Waals surface area contributed by atoms with Gasteiger partial charge in [0.15, 0.2) is 0 Å². The van der Waals surface area contributed by atoms with Crippen molar-refractivity contribution in [2.75, 3.05) is 31.3 Å². The molecule has 9 nitrogen and oxygen atoms in total. The molecule has 10 heteroatoms. The quantitative estimate of drug-likeness (QED) is 0.540. The van der Waals surface area contributed by atoms with E-state index in [0.29, 0.717) is 38.0 Å². The number of nitrogens with zero attached hydrogens (tertiary/aromatic N) is 6. The Morgan fingerprint density at radius 1 is 1.11 bits per heavy atom. The molecule has 0 spiro atoms. The van der Waals surface area contributed by atoms with Crippen molar-refractivity contribution in [1.29, 1.82) is 0 Å². The molecule has 1 saturated heterocycles. The van der Waals surface area contributed by atoms with Crippen LogP contribution in [0.25, 0.3) is 22.3 Å². The van der Waals surface area contributed by atoms with Gasteiger partial charge in [0.05, 0.1) is 28.5 Å². The largest absolute Gasteiger partial charge is 0.381 e. The van der Waals surface area contributed by atoms with Gasteiger partial charge >= 0.3 is 6.03 Å². The summed E-state index contributed by atoms with van der Waals surface area (Å²) in [4.78, 5) is 45.4. The lowest BCUT2D eigenvalue weighted by atomic mass is 9.98. The van der Waals surface area contributed by atoms with E-state index in [1.807, 2.05) is 47.8 Å². The molecule has 2 aliphatic heterocycles. The molecule has 0 aromatic carbocycles. The van der Waals surface area contributed by atoms with Crippen LogP contribution in [0.15, 0.2) is 41.7 Å². The van der Waals surface area contributed by atoms with Crippen molar-refractivity contribution < 1.29 is 14.7 Å². The Bertz CT molecular complexity index is 1320. The molecule has 2 aliphatic rings. The Morgan fingerprint density at radius 2 is 1.86 bits per heavy atom. The zero-order valence-electron chi connectivity index (χ0n) is 20.9. The number of aromatic nitrogens is 3. The minimum absolute atomic E-state index is 0.0829. The lowest BCUT2D eigenvalue weighted by Crippen LogP contribution is -2.56. The Balaban J connectivity index is 1.53. The van der Waals surface area contributed by atoms with Gasteiger partial charge < -0.3 is 14.9 Å². The third kappa shape index (κ3) is 4.39. The molecule has 3 aromatic rings. The molecule has 0 radical (unpaired) electrons. The first-order valence-corrected chi connectivity index (χ1v) is 13.2. The molecular formula is C26H30N6O3S. The van der Waals surface area contributed by atoms with E-state index < -0.39 is 5.60 Å². The molecule has 3 aromatic heterocycles. The second kappa shape index (κ2) is 9.33. The van der Waals surface area contributed by atoms with E-state index >= 15 is 0 Å². The molecule has 0 aliphatic carbocycles. The number of thioether (sulfide) groups is 1. The van der Waals surface area contributed by atoms with Crippen molar-refractivity contribution in [2.24, 2.45) is 0 Å². The topological polar surface area (TPSA) is 103 Å². The number of aliphatic hydroxyl groups is 1. The van der Waals surface area contributed by atoms with Crippen LogP contribution in [-0.4, -0.2) is 79.8 Å². The maximum Gasteiger partial charge on any atom is 0.324 e. The minimum Gasteiger partial charge on any atom is -0.381 e. The van der Waals surface area contributed by atoms with Gasteiger partial charge in [0, 0.05) is 49.7 Å². The highest BCUT2D eigenvalue weighted by molar-refractivity contribution is 7.98. The average molecular weight is 507 g/mol. The highest BCUT2D eigenvalue weighted by atomic mass is 32.2. The lowest BCUT2D eigenvalue weighted by molar-refractivity contribution is -0.148. The first-order valence-electron chi connectivity index (χ1n) is 12.0. The van der Waals surface area contributed by atoms with Crippen molar-refractivity contribution in [3.05, 3.63) is 42.2 Å².